The summed E-state index contributed by atoms with van der Waals surface area (Å²) in [6, 6.07) is 13.5. The molecule has 3 aromatic rings. The molecule has 38 heavy (non-hydrogen) atoms. The Morgan fingerprint density at radius 3 is 2.63 bits per heavy atom. The fourth-order valence-corrected chi connectivity index (χ4v) is 6.95. The summed E-state index contributed by atoms with van der Waals surface area (Å²) in [4.78, 5) is 29.9. The first-order chi connectivity index (χ1) is 18.2. The number of ether oxygens (including phenoxy) is 2. The Morgan fingerprint density at radius 1 is 1.11 bits per heavy atom. The predicted octanol–water partition coefficient (Wildman–Crippen LogP) is 4.58. The van der Waals surface area contributed by atoms with Crippen LogP contribution in [0.3, 0.4) is 0 Å². The molecule has 2 aromatic carbocycles. The molecule has 3 heterocycles. The van der Waals surface area contributed by atoms with Crippen molar-refractivity contribution in [2.24, 2.45) is 4.99 Å². The van der Waals surface area contributed by atoms with Crippen LogP contribution in [-0.4, -0.2) is 44.3 Å². The minimum atomic E-state index is -3.82. The molecule has 2 atom stereocenters. The Bertz CT molecular complexity index is 1620. The summed E-state index contributed by atoms with van der Waals surface area (Å²) in [6.45, 7) is 1.11. The van der Waals surface area contributed by atoms with Gasteiger partial charge in [-0.2, -0.15) is 0 Å². The molecule has 0 N–H and O–H groups in total. The van der Waals surface area contributed by atoms with Gasteiger partial charge in [0.2, 0.25) is 0 Å². The first-order valence-electron chi connectivity index (χ1n) is 11.5. The maximum atomic E-state index is 13.6. The van der Waals surface area contributed by atoms with Crippen LogP contribution in [0.1, 0.15) is 24.2 Å². The fourth-order valence-electron chi connectivity index (χ4n) is 4.69. The Balaban J connectivity index is 1.56. The molecule has 5 rings (SSSR count). The van der Waals surface area contributed by atoms with Crippen molar-refractivity contribution in [3.8, 4) is 11.3 Å². The van der Waals surface area contributed by atoms with Crippen LogP contribution < -0.4 is 5.82 Å². The molecule has 9 nitrogen and oxygen atoms in total. The van der Waals surface area contributed by atoms with Gasteiger partial charge in [-0.05, 0) is 18.6 Å². The molecular weight excluding hydrogens is 557 g/mol. The number of rotatable bonds is 5. The van der Waals surface area contributed by atoms with Crippen molar-refractivity contribution in [3.05, 3.63) is 91.8 Å². The number of hydrogen-bond donors (Lipinski definition) is 0. The molecule has 0 spiro atoms. The van der Waals surface area contributed by atoms with E-state index in [-0.39, 0.29) is 57.5 Å². The average Bonchev–Trinajstić information content (AvgIpc) is 3.19. The number of nitrogens with zero attached hydrogens (tertiary/aromatic N) is 1. The van der Waals surface area contributed by atoms with Crippen LogP contribution in [0.2, 0.25) is 10.0 Å². The van der Waals surface area contributed by atoms with E-state index in [0.717, 1.165) is 0 Å². The molecule has 0 radical (unpaired) electrons. The van der Waals surface area contributed by atoms with Crippen LogP contribution >= 0.6 is 23.2 Å². The molecule has 2 unspecified atom stereocenters. The highest BCUT2D eigenvalue weighted by atomic mass is 35.5. The molecular formula is C26H21Cl2NO8S. The van der Waals surface area contributed by atoms with E-state index in [1.165, 1.54) is 0 Å². The Morgan fingerprint density at radius 2 is 1.87 bits per heavy atom. The zero-order valence-electron chi connectivity index (χ0n) is 20.0. The molecule has 1 saturated heterocycles. The van der Waals surface area contributed by atoms with Gasteiger partial charge in [-0.1, -0.05) is 65.7 Å². The molecule has 0 saturated carbocycles. The number of hydrogen-bond acceptors (Lipinski definition) is 9. The lowest BCUT2D eigenvalue weighted by Crippen LogP contribution is -2.42. The topological polar surface area (TPSA) is 125 Å². The summed E-state index contributed by atoms with van der Waals surface area (Å²) >= 11 is 12.8. The van der Waals surface area contributed by atoms with Gasteiger partial charge in [0.1, 0.15) is 5.25 Å². The van der Waals surface area contributed by atoms with Gasteiger partial charge in [0, 0.05) is 17.2 Å². The Hall–Kier alpha value is -3.18. The van der Waals surface area contributed by atoms with Crippen LogP contribution in [0, 0.1) is 0 Å². The first kappa shape index (κ1) is 26.4. The number of sulfone groups is 1. The monoisotopic (exact) mass is 577 g/mol. The van der Waals surface area contributed by atoms with Crippen LogP contribution in [0.4, 0.5) is 0 Å². The van der Waals surface area contributed by atoms with Crippen molar-refractivity contribution in [3.63, 3.8) is 0 Å². The number of aliphatic imine (C=N–C) groups is 1. The van der Waals surface area contributed by atoms with E-state index >= 15 is 0 Å². The smallest absolute Gasteiger partial charge is 0.454 e. The molecule has 2 aliphatic rings. The van der Waals surface area contributed by atoms with E-state index in [1.54, 1.807) is 55.5 Å². The van der Waals surface area contributed by atoms with Gasteiger partial charge >= 0.3 is 11.8 Å². The molecule has 0 amide bonds. The van der Waals surface area contributed by atoms with Gasteiger partial charge in [-0.3, -0.25) is 4.99 Å². The van der Waals surface area contributed by atoms with Crippen molar-refractivity contribution >= 4 is 44.7 Å². The van der Waals surface area contributed by atoms with Gasteiger partial charge in [0.15, 0.2) is 28.0 Å². The van der Waals surface area contributed by atoms with Gasteiger partial charge in [0.05, 0.1) is 40.3 Å². The number of carbonyl (C=O) groups excluding carboxylic acids is 1. The maximum absolute atomic E-state index is 13.6. The van der Waals surface area contributed by atoms with Crippen molar-refractivity contribution in [1.29, 1.82) is 0 Å². The summed E-state index contributed by atoms with van der Waals surface area (Å²) in [7, 11) is -3.82. The highest BCUT2D eigenvalue weighted by Crippen LogP contribution is 2.44. The van der Waals surface area contributed by atoms with Crippen LogP contribution in [0.25, 0.3) is 11.3 Å². The van der Waals surface area contributed by atoms with Crippen LogP contribution in [0.15, 0.2) is 78.4 Å². The van der Waals surface area contributed by atoms with Crippen molar-refractivity contribution < 1.29 is 31.5 Å². The molecule has 12 heteroatoms. The number of esters is 1. The van der Waals surface area contributed by atoms with E-state index in [4.69, 9.17) is 41.5 Å². The fraction of sp³-hybridized carbons (Fsp3) is 0.269. The lowest BCUT2D eigenvalue weighted by atomic mass is 9.83. The van der Waals surface area contributed by atoms with Gasteiger partial charge in [-0.15, -0.1) is 0 Å². The third kappa shape index (κ3) is 4.96. The summed E-state index contributed by atoms with van der Waals surface area (Å²) in [6.07, 6.45) is 0. The molecule has 0 bridgehead atoms. The molecule has 0 aliphatic carbocycles. The highest BCUT2D eigenvalue weighted by Gasteiger charge is 2.47. The highest BCUT2D eigenvalue weighted by molar-refractivity contribution is 7.92. The van der Waals surface area contributed by atoms with Gasteiger partial charge < -0.3 is 18.3 Å². The maximum Gasteiger partial charge on any atom is 0.519 e. The molecule has 2 aliphatic heterocycles. The summed E-state index contributed by atoms with van der Waals surface area (Å²) < 4.78 is 48.1. The third-order valence-corrected chi connectivity index (χ3v) is 9.23. The van der Waals surface area contributed by atoms with E-state index in [2.05, 4.69) is 4.99 Å². The lowest BCUT2D eigenvalue weighted by molar-refractivity contribution is -0.141. The largest absolute Gasteiger partial charge is 0.519 e. The van der Waals surface area contributed by atoms with Gasteiger partial charge in [0.25, 0.3) is 0 Å². The quantitative estimate of drug-likeness (QED) is 0.403. The van der Waals surface area contributed by atoms with Crippen LogP contribution in [0.5, 0.6) is 0 Å². The van der Waals surface area contributed by atoms with Crippen molar-refractivity contribution in [2.75, 3.05) is 19.0 Å². The minimum absolute atomic E-state index is 0.000458. The number of benzene rings is 2. The van der Waals surface area contributed by atoms with Crippen molar-refractivity contribution in [1.82, 2.24) is 0 Å². The van der Waals surface area contributed by atoms with E-state index in [1.807, 2.05) is 0 Å². The average molecular weight is 578 g/mol. The Labute approximate surface area is 227 Å². The second-order valence-corrected chi connectivity index (χ2v) is 11.7. The van der Waals surface area contributed by atoms with E-state index < -0.39 is 39.4 Å². The lowest BCUT2D eigenvalue weighted by Gasteiger charge is -2.32. The standard InChI is InChI=1S/C26H21Cl2NO8S/c1-14-20(25(30)35-13-19-23(37-26(31)36-19)15-6-3-2-4-7-15)21(16-8-5-9-17(27)22(16)28)24-18(29-14)12-34-10-11-38(24,32)33/h2-9,21,24H,10-13H2,1H3. The SMILES string of the molecule is CC1=C(C(=O)OCc2oc(=O)oc2-c2ccccc2)C(c2cccc(Cl)c2Cl)C2C(=N1)COCCS2(=O)=O. The zero-order chi connectivity index (χ0) is 27.0. The van der Waals surface area contributed by atoms with E-state index in [0.29, 0.717) is 11.1 Å². The summed E-state index contributed by atoms with van der Waals surface area (Å²) in [5, 5.41) is -0.890. The van der Waals surface area contributed by atoms with Gasteiger partial charge in [-0.25, -0.2) is 18.0 Å². The minimum Gasteiger partial charge on any atom is -0.454 e. The zero-order valence-corrected chi connectivity index (χ0v) is 22.3. The number of fused-ring (bicyclic) bond motifs is 1. The summed E-state index contributed by atoms with van der Waals surface area (Å²) in [5.41, 5.74) is 1.42. The number of allylic oxidation sites excluding steroid dienone is 1. The van der Waals surface area contributed by atoms with Crippen LogP contribution in [-0.2, 0) is 30.7 Å². The normalized spacial score (nSPS) is 20.9. The molecule has 1 fully saturated rings. The third-order valence-electron chi connectivity index (χ3n) is 6.34. The second-order valence-electron chi connectivity index (χ2n) is 8.71. The summed E-state index contributed by atoms with van der Waals surface area (Å²) in [5.74, 6) is -3.00. The van der Waals surface area contributed by atoms with Crippen molar-refractivity contribution in [2.45, 2.75) is 24.7 Å². The first-order valence-corrected chi connectivity index (χ1v) is 14.0. The predicted molar refractivity (Wildman–Crippen MR) is 140 cm³/mol. The number of halogens is 2. The molecule has 1 aromatic heterocycles. The Kier molecular flexibility index (Phi) is 7.32. The molecule has 198 valence electrons. The van der Waals surface area contributed by atoms with E-state index in [9.17, 15) is 18.0 Å². The second kappa shape index (κ2) is 10.5. The number of carbonyl (C=O) groups is 1.